The molecule has 0 atom stereocenters. The average molecular weight is 285 g/mol. The lowest BCUT2D eigenvalue weighted by molar-refractivity contribution is 0.466. The second-order valence-electron chi connectivity index (χ2n) is 5.78. The van der Waals surface area contributed by atoms with Crippen molar-refractivity contribution in [2.75, 3.05) is 0 Å². The van der Waals surface area contributed by atoms with E-state index in [0.29, 0.717) is 12.6 Å². The van der Waals surface area contributed by atoms with E-state index in [1.165, 1.54) is 24.5 Å². The highest BCUT2D eigenvalue weighted by molar-refractivity contribution is 5.42. The van der Waals surface area contributed by atoms with Gasteiger partial charge < -0.3 is 10.1 Å². The van der Waals surface area contributed by atoms with E-state index in [4.69, 9.17) is 4.74 Å². The molecule has 2 nitrogen and oxygen atoms in total. The Bertz CT molecular complexity index is 650. The maximum Gasteiger partial charge on any atom is 0.132 e. The number of nitrogens with one attached hydrogen (secondary N) is 1. The van der Waals surface area contributed by atoms with Crippen molar-refractivity contribution < 1.29 is 9.13 Å². The fraction of sp³-hybridized carbons (Fsp3) is 0.333. The van der Waals surface area contributed by atoms with Gasteiger partial charge in [0.1, 0.15) is 17.3 Å². The van der Waals surface area contributed by atoms with Crippen molar-refractivity contribution in [1.82, 2.24) is 5.32 Å². The largest absolute Gasteiger partial charge is 0.457 e. The summed E-state index contributed by atoms with van der Waals surface area (Å²) in [6.45, 7) is 4.72. The van der Waals surface area contributed by atoms with Crippen LogP contribution in [0.3, 0.4) is 0 Å². The van der Waals surface area contributed by atoms with Crippen LogP contribution in [-0.4, -0.2) is 6.04 Å². The maximum atomic E-state index is 13.5. The van der Waals surface area contributed by atoms with Crippen LogP contribution in [0.1, 0.15) is 29.5 Å². The van der Waals surface area contributed by atoms with Gasteiger partial charge in [0.05, 0.1) is 0 Å². The normalized spacial score (nSPS) is 14.2. The number of halogens is 1. The molecule has 21 heavy (non-hydrogen) atoms. The number of benzene rings is 2. The average Bonchev–Trinajstić information content (AvgIpc) is 3.26. The second-order valence-corrected chi connectivity index (χ2v) is 5.78. The van der Waals surface area contributed by atoms with Gasteiger partial charge in [-0.05, 0) is 56.5 Å². The van der Waals surface area contributed by atoms with Crippen LogP contribution in [-0.2, 0) is 6.54 Å². The van der Waals surface area contributed by atoms with Crippen LogP contribution in [0.4, 0.5) is 4.39 Å². The summed E-state index contributed by atoms with van der Waals surface area (Å²) in [4.78, 5) is 0. The number of aryl methyl sites for hydroxylation is 2. The van der Waals surface area contributed by atoms with Crippen molar-refractivity contribution in [1.29, 1.82) is 0 Å². The topological polar surface area (TPSA) is 21.3 Å². The molecule has 0 spiro atoms. The molecular formula is C18H20FNO. The SMILES string of the molecule is Cc1ccc(Oc2ccc(F)cc2CNC2CC2)c(C)c1. The molecule has 0 unspecified atom stereocenters. The fourth-order valence-corrected chi connectivity index (χ4v) is 2.36. The van der Waals surface area contributed by atoms with Crippen LogP contribution in [0, 0.1) is 19.7 Å². The first-order valence-corrected chi connectivity index (χ1v) is 7.39. The Labute approximate surface area is 125 Å². The molecule has 0 bridgehead atoms. The van der Waals surface area contributed by atoms with E-state index in [-0.39, 0.29) is 5.82 Å². The molecule has 0 amide bonds. The van der Waals surface area contributed by atoms with E-state index in [1.807, 2.05) is 19.1 Å². The minimum atomic E-state index is -0.226. The van der Waals surface area contributed by atoms with Crippen molar-refractivity contribution in [3.8, 4) is 11.5 Å². The molecule has 3 rings (SSSR count). The molecule has 0 heterocycles. The summed E-state index contributed by atoms with van der Waals surface area (Å²) in [7, 11) is 0. The smallest absolute Gasteiger partial charge is 0.132 e. The minimum absolute atomic E-state index is 0.226. The highest BCUT2D eigenvalue weighted by Gasteiger charge is 2.21. The Morgan fingerprint density at radius 3 is 2.57 bits per heavy atom. The van der Waals surface area contributed by atoms with Gasteiger partial charge >= 0.3 is 0 Å². The zero-order chi connectivity index (χ0) is 14.8. The van der Waals surface area contributed by atoms with Gasteiger partial charge in [0, 0.05) is 18.2 Å². The van der Waals surface area contributed by atoms with Crippen molar-refractivity contribution in [2.45, 2.75) is 39.3 Å². The van der Waals surface area contributed by atoms with E-state index in [1.54, 1.807) is 12.1 Å². The van der Waals surface area contributed by atoms with Crippen molar-refractivity contribution >= 4 is 0 Å². The summed E-state index contributed by atoms with van der Waals surface area (Å²) >= 11 is 0. The van der Waals surface area contributed by atoms with Crippen LogP contribution >= 0.6 is 0 Å². The summed E-state index contributed by atoms with van der Waals surface area (Å²) in [6.07, 6.45) is 2.42. The molecular weight excluding hydrogens is 265 g/mol. The highest BCUT2D eigenvalue weighted by atomic mass is 19.1. The predicted molar refractivity (Wildman–Crippen MR) is 82.3 cm³/mol. The van der Waals surface area contributed by atoms with E-state index >= 15 is 0 Å². The van der Waals surface area contributed by atoms with Gasteiger partial charge in [-0.3, -0.25) is 0 Å². The molecule has 2 aromatic carbocycles. The fourth-order valence-electron chi connectivity index (χ4n) is 2.36. The monoisotopic (exact) mass is 285 g/mol. The Kier molecular flexibility index (Phi) is 3.93. The molecule has 110 valence electrons. The first-order chi connectivity index (χ1) is 10.1. The van der Waals surface area contributed by atoms with E-state index in [9.17, 15) is 4.39 Å². The summed E-state index contributed by atoms with van der Waals surface area (Å²) < 4.78 is 19.5. The van der Waals surface area contributed by atoms with Crippen LogP contribution in [0.25, 0.3) is 0 Å². The molecule has 1 aliphatic carbocycles. The minimum Gasteiger partial charge on any atom is -0.457 e. The van der Waals surface area contributed by atoms with Gasteiger partial charge in [-0.25, -0.2) is 4.39 Å². The van der Waals surface area contributed by atoms with E-state index in [2.05, 4.69) is 18.3 Å². The summed E-state index contributed by atoms with van der Waals surface area (Å²) in [5.41, 5.74) is 3.15. The molecule has 1 aliphatic rings. The lowest BCUT2D eigenvalue weighted by Crippen LogP contribution is -2.16. The van der Waals surface area contributed by atoms with Gasteiger partial charge in [0.2, 0.25) is 0 Å². The van der Waals surface area contributed by atoms with Gasteiger partial charge in [-0.15, -0.1) is 0 Å². The molecule has 1 saturated carbocycles. The first-order valence-electron chi connectivity index (χ1n) is 7.39. The van der Waals surface area contributed by atoms with Crippen LogP contribution in [0.5, 0.6) is 11.5 Å². The molecule has 0 saturated heterocycles. The van der Waals surface area contributed by atoms with E-state index in [0.717, 1.165) is 22.6 Å². The van der Waals surface area contributed by atoms with Gasteiger partial charge in [-0.1, -0.05) is 17.7 Å². The maximum absolute atomic E-state index is 13.5. The zero-order valence-corrected chi connectivity index (χ0v) is 12.4. The first kappa shape index (κ1) is 14.1. The number of hydrogen-bond acceptors (Lipinski definition) is 2. The molecule has 0 aliphatic heterocycles. The standard InChI is InChI=1S/C18H20FNO/c1-12-3-7-17(13(2)9-12)21-18-8-4-15(19)10-14(18)11-20-16-5-6-16/h3-4,7-10,16,20H,5-6,11H2,1-2H3. The van der Waals surface area contributed by atoms with Gasteiger partial charge in [0.25, 0.3) is 0 Å². The molecule has 0 radical (unpaired) electrons. The highest BCUT2D eigenvalue weighted by Crippen LogP contribution is 2.30. The quantitative estimate of drug-likeness (QED) is 0.874. The van der Waals surface area contributed by atoms with Crippen molar-refractivity contribution in [2.24, 2.45) is 0 Å². The van der Waals surface area contributed by atoms with Crippen molar-refractivity contribution in [3.05, 3.63) is 58.9 Å². The molecule has 1 N–H and O–H groups in total. The summed E-state index contributed by atoms with van der Waals surface area (Å²) in [5, 5.41) is 3.40. The van der Waals surface area contributed by atoms with Crippen LogP contribution < -0.4 is 10.1 Å². The number of ether oxygens (including phenoxy) is 1. The summed E-state index contributed by atoms with van der Waals surface area (Å²) in [5.74, 6) is 1.31. The summed E-state index contributed by atoms with van der Waals surface area (Å²) in [6, 6.07) is 11.4. The Morgan fingerprint density at radius 1 is 1.10 bits per heavy atom. The third-order valence-electron chi connectivity index (χ3n) is 3.73. The van der Waals surface area contributed by atoms with Gasteiger partial charge in [0.15, 0.2) is 0 Å². The number of rotatable bonds is 5. The van der Waals surface area contributed by atoms with E-state index < -0.39 is 0 Å². The Morgan fingerprint density at radius 2 is 1.86 bits per heavy atom. The molecule has 2 aromatic rings. The van der Waals surface area contributed by atoms with Crippen LogP contribution in [0.15, 0.2) is 36.4 Å². The van der Waals surface area contributed by atoms with Crippen molar-refractivity contribution in [3.63, 3.8) is 0 Å². The number of hydrogen-bond donors (Lipinski definition) is 1. The lowest BCUT2D eigenvalue weighted by atomic mass is 10.1. The predicted octanol–water partition coefficient (Wildman–Crippen LogP) is 4.49. The lowest BCUT2D eigenvalue weighted by Gasteiger charge is -2.14. The third kappa shape index (κ3) is 3.61. The Balaban J connectivity index is 1.82. The third-order valence-corrected chi connectivity index (χ3v) is 3.73. The molecule has 3 heteroatoms. The van der Waals surface area contributed by atoms with Gasteiger partial charge in [-0.2, -0.15) is 0 Å². The molecule has 1 fully saturated rings. The Hall–Kier alpha value is -1.87. The molecule has 0 aromatic heterocycles. The van der Waals surface area contributed by atoms with Crippen LogP contribution in [0.2, 0.25) is 0 Å². The zero-order valence-electron chi connectivity index (χ0n) is 12.4. The second kappa shape index (κ2) is 5.86.